The fraction of sp³-hybridized carbons (Fsp3) is 0.278. The Morgan fingerprint density at radius 1 is 0.619 bits per heavy atom. The third-order valence-corrected chi connectivity index (χ3v) is 8.34. The van der Waals surface area contributed by atoms with Gasteiger partial charge in [-0.3, -0.25) is 0 Å². The summed E-state index contributed by atoms with van der Waals surface area (Å²) < 4.78 is 11.0. The van der Waals surface area contributed by atoms with Gasteiger partial charge < -0.3 is 9.47 Å². The van der Waals surface area contributed by atoms with Crippen LogP contribution in [0.1, 0.15) is 105 Å². The highest BCUT2D eigenvalue weighted by Gasteiger charge is 2.35. The molecule has 0 radical (unpaired) electrons. The topological polar surface area (TPSA) is 100 Å². The van der Waals surface area contributed by atoms with E-state index in [1.807, 2.05) is 13.8 Å². The van der Waals surface area contributed by atoms with E-state index in [-0.39, 0.29) is 23.0 Å². The molecule has 0 saturated heterocycles. The molecule has 6 heteroatoms. The summed E-state index contributed by atoms with van der Waals surface area (Å²) in [7, 11) is 0. The summed E-state index contributed by atoms with van der Waals surface area (Å²) in [5.74, 6) is -1.02. The van der Waals surface area contributed by atoms with Gasteiger partial charge in [0, 0.05) is 11.8 Å². The smallest absolute Gasteiger partial charge is 0.339 e. The Morgan fingerprint density at radius 3 is 1.31 bits per heavy atom. The molecular weight excluding hydrogens is 524 g/mol. The molecule has 42 heavy (non-hydrogen) atoms. The van der Waals surface area contributed by atoms with Crippen LogP contribution in [0.25, 0.3) is 21.5 Å². The van der Waals surface area contributed by atoms with Crippen molar-refractivity contribution in [2.45, 2.75) is 51.4 Å². The highest BCUT2D eigenvalue weighted by molar-refractivity contribution is 6.07. The number of carbonyl (C=O) groups excluding carboxylic acids is 2. The predicted molar refractivity (Wildman–Crippen MR) is 161 cm³/mol. The zero-order valence-corrected chi connectivity index (χ0v) is 23.7. The van der Waals surface area contributed by atoms with Crippen molar-refractivity contribution in [1.29, 1.82) is 10.5 Å². The van der Waals surface area contributed by atoms with Crippen LogP contribution in [-0.4, -0.2) is 25.2 Å². The Bertz CT molecular complexity index is 1750. The molecule has 2 unspecified atom stereocenters. The number of carbonyl (C=O) groups is 2. The van der Waals surface area contributed by atoms with Gasteiger partial charge in [-0.05, 0) is 105 Å². The molecule has 7 rings (SSSR count). The number of nitrogens with zero attached hydrogens (tertiary/aromatic N) is 2. The van der Waals surface area contributed by atoms with Crippen molar-refractivity contribution in [3.05, 3.63) is 105 Å². The second-order valence-corrected chi connectivity index (χ2v) is 11.0. The van der Waals surface area contributed by atoms with Gasteiger partial charge in [0.2, 0.25) is 0 Å². The molecule has 0 N–H and O–H groups in total. The van der Waals surface area contributed by atoms with Crippen LogP contribution in [-0.2, 0) is 9.47 Å². The third kappa shape index (κ3) is 4.60. The van der Waals surface area contributed by atoms with Crippen LogP contribution in [0.15, 0.2) is 60.7 Å². The van der Waals surface area contributed by atoms with Gasteiger partial charge in [0.1, 0.15) is 12.1 Å². The fourth-order valence-corrected chi connectivity index (χ4v) is 6.12. The Labute approximate surface area is 244 Å². The number of ether oxygens (including phenoxy) is 2. The molecule has 4 aromatic carbocycles. The van der Waals surface area contributed by atoms with Gasteiger partial charge >= 0.3 is 11.9 Å². The number of hydrogen-bond donors (Lipinski definition) is 0. The van der Waals surface area contributed by atoms with Crippen LogP contribution in [0.4, 0.5) is 0 Å². The Balaban J connectivity index is 1.46. The fourth-order valence-electron chi connectivity index (χ4n) is 6.12. The molecule has 0 aromatic heterocycles. The molecule has 4 aromatic rings. The molecule has 208 valence electrons. The average molecular weight is 555 g/mol. The predicted octanol–water partition coefficient (Wildman–Crippen LogP) is 7.80. The van der Waals surface area contributed by atoms with Crippen LogP contribution >= 0.6 is 0 Å². The summed E-state index contributed by atoms with van der Waals surface area (Å²) in [6.45, 7) is 4.65. The van der Waals surface area contributed by atoms with Crippen LogP contribution in [0, 0.1) is 22.7 Å². The maximum absolute atomic E-state index is 13.1. The number of benzene rings is 4. The van der Waals surface area contributed by atoms with Gasteiger partial charge in [-0.25, -0.2) is 9.59 Å². The summed E-state index contributed by atoms with van der Waals surface area (Å²) in [5, 5.41) is 22.6. The number of esters is 2. The lowest BCUT2D eigenvalue weighted by molar-refractivity contribution is 0.0452. The zero-order valence-electron chi connectivity index (χ0n) is 23.7. The van der Waals surface area contributed by atoms with Gasteiger partial charge in [-0.15, -0.1) is 0 Å². The molecule has 3 aliphatic carbocycles. The van der Waals surface area contributed by atoms with E-state index in [1.165, 1.54) is 11.1 Å². The van der Waals surface area contributed by atoms with Gasteiger partial charge in [0.05, 0.1) is 35.5 Å². The van der Waals surface area contributed by atoms with Crippen LogP contribution in [0.3, 0.4) is 0 Å². The minimum Gasteiger partial charge on any atom is -0.462 e. The number of hydrogen-bond acceptors (Lipinski definition) is 6. The lowest BCUT2D eigenvalue weighted by atomic mass is 9.67. The molecule has 3 aliphatic rings. The Hall–Kier alpha value is -4.94. The van der Waals surface area contributed by atoms with E-state index >= 15 is 0 Å². The van der Waals surface area contributed by atoms with Gasteiger partial charge in [-0.2, -0.15) is 10.5 Å². The highest BCUT2D eigenvalue weighted by Crippen LogP contribution is 2.51. The first-order valence-electron chi connectivity index (χ1n) is 14.5. The summed E-state index contributed by atoms with van der Waals surface area (Å²) in [6.07, 6.45) is 7.71. The van der Waals surface area contributed by atoms with Crippen molar-refractivity contribution >= 4 is 33.5 Å². The first-order valence-corrected chi connectivity index (χ1v) is 14.5. The number of allylic oxidation sites excluding steroid dienone is 2. The van der Waals surface area contributed by atoms with Crippen molar-refractivity contribution < 1.29 is 19.1 Å². The minimum atomic E-state index is -0.520. The molecule has 0 amide bonds. The molecule has 0 saturated carbocycles. The van der Waals surface area contributed by atoms with Crippen LogP contribution in [0.5, 0.6) is 0 Å². The standard InChI is InChI=1S/C36H30N2O4/c1-3-5-9-41-35(39)33-17-23-15-31-27-7-8-28(32(31)16-24(23)18-34(33)36(40)42-10-6-4-2)30-14-22-12-26(20-38)25(19-37)11-21(22)13-29(27)30/h7-8,11-18,27-28H,3-6,9-10H2,1-2H3. The summed E-state index contributed by atoms with van der Waals surface area (Å²) in [6, 6.07) is 19.9. The minimum absolute atomic E-state index is 0.00798. The van der Waals surface area contributed by atoms with Crippen molar-refractivity contribution in [3.63, 3.8) is 0 Å². The molecule has 0 aliphatic heterocycles. The largest absolute Gasteiger partial charge is 0.462 e. The SMILES string of the molecule is CCCCOC(=O)c1cc2cc3c(cc2cc1C(=O)OCCCC)C1C=CC3c2cc3cc(C#N)c(C#N)cc3cc21. The van der Waals surface area contributed by atoms with E-state index < -0.39 is 11.9 Å². The van der Waals surface area contributed by atoms with Crippen molar-refractivity contribution in [2.24, 2.45) is 0 Å². The average Bonchev–Trinajstić information content (AvgIpc) is 3.01. The number of nitriles is 2. The van der Waals surface area contributed by atoms with Gasteiger partial charge in [0.25, 0.3) is 0 Å². The molecule has 2 atom stereocenters. The van der Waals surface area contributed by atoms with Crippen LogP contribution < -0.4 is 0 Å². The summed E-state index contributed by atoms with van der Waals surface area (Å²) >= 11 is 0. The van der Waals surface area contributed by atoms with Gasteiger partial charge in [0.15, 0.2) is 0 Å². The summed E-state index contributed by atoms with van der Waals surface area (Å²) in [5.41, 5.74) is 5.83. The van der Waals surface area contributed by atoms with Crippen molar-refractivity contribution in [1.82, 2.24) is 0 Å². The lowest BCUT2D eigenvalue weighted by Gasteiger charge is -2.37. The third-order valence-electron chi connectivity index (χ3n) is 8.34. The molecule has 0 heterocycles. The first kappa shape index (κ1) is 27.2. The molecule has 0 spiro atoms. The Kier molecular flexibility index (Phi) is 7.23. The van der Waals surface area contributed by atoms with E-state index in [0.717, 1.165) is 58.4 Å². The maximum Gasteiger partial charge on any atom is 0.339 e. The highest BCUT2D eigenvalue weighted by atomic mass is 16.5. The first-order chi connectivity index (χ1) is 20.5. The van der Waals surface area contributed by atoms with E-state index in [4.69, 9.17) is 9.47 Å². The normalized spacial score (nSPS) is 16.0. The Morgan fingerprint density at radius 2 is 0.976 bits per heavy atom. The van der Waals surface area contributed by atoms with E-state index in [2.05, 4.69) is 48.6 Å². The van der Waals surface area contributed by atoms with Crippen LogP contribution in [0.2, 0.25) is 0 Å². The molecule has 6 nitrogen and oxygen atoms in total. The van der Waals surface area contributed by atoms with E-state index in [1.54, 1.807) is 24.3 Å². The van der Waals surface area contributed by atoms with Crippen molar-refractivity contribution in [2.75, 3.05) is 13.2 Å². The zero-order chi connectivity index (χ0) is 29.4. The molecule has 0 fully saturated rings. The molecule has 2 bridgehead atoms. The van der Waals surface area contributed by atoms with E-state index in [9.17, 15) is 20.1 Å². The quantitative estimate of drug-likeness (QED) is 0.125. The number of unbranched alkanes of at least 4 members (excludes halogenated alkanes) is 2. The number of rotatable bonds is 8. The van der Waals surface area contributed by atoms with Crippen molar-refractivity contribution in [3.8, 4) is 12.1 Å². The second-order valence-electron chi connectivity index (χ2n) is 11.0. The van der Waals surface area contributed by atoms with E-state index in [0.29, 0.717) is 24.3 Å². The maximum atomic E-state index is 13.1. The summed E-state index contributed by atoms with van der Waals surface area (Å²) in [4.78, 5) is 26.3. The number of fused-ring (bicyclic) bond motifs is 2. The molecular formula is C36H30N2O4. The lowest BCUT2D eigenvalue weighted by Crippen LogP contribution is -2.21. The monoisotopic (exact) mass is 554 g/mol. The second kappa shape index (κ2) is 11.1. The van der Waals surface area contributed by atoms with Gasteiger partial charge in [-0.1, -0.05) is 38.8 Å².